The summed E-state index contributed by atoms with van der Waals surface area (Å²) in [5, 5.41) is 3.65. The molecule has 1 fully saturated rings. The minimum absolute atomic E-state index is 0.141. The lowest BCUT2D eigenvalue weighted by atomic mass is 9.80. The summed E-state index contributed by atoms with van der Waals surface area (Å²) in [4.78, 5) is 4.55. The van der Waals surface area contributed by atoms with Crippen LogP contribution in [0.2, 0.25) is 0 Å². The van der Waals surface area contributed by atoms with E-state index in [9.17, 15) is 21.4 Å². The Bertz CT molecular complexity index is 2330. The summed E-state index contributed by atoms with van der Waals surface area (Å²) in [6.45, 7) is 15.3. The van der Waals surface area contributed by atoms with Gasteiger partial charge in [0.1, 0.15) is 0 Å². The first-order valence-corrected chi connectivity index (χ1v) is 22.6. The van der Waals surface area contributed by atoms with Gasteiger partial charge >= 0.3 is 0 Å². The maximum absolute atomic E-state index is 14.5. The highest BCUT2D eigenvalue weighted by atomic mass is 32.2. The van der Waals surface area contributed by atoms with Crippen LogP contribution in [0.25, 0.3) is 0 Å². The first-order valence-electron chi connectivity index (χ1n) is 19.7. The standard InChI is InChI=1S/C46H56N4O5S2/c1-7-49(32-34-15-10-9-11-16-34)39-25-21-36(22-26-39)44(37-23-27-40(28-24-37)50(8-2)33-35-17-14-18-41(29-35)57(53,54)55)42-19-12-13-20-43(42)56(51,52)47-38-30-45(3,4)48-46(5,6)31-38/h9-29,38,44,47-48H,7-8,30-33H2,1-6H3,(H,53,54,55). The van der Waals surface area contributed by atoms with E-state index < -0.39 is 26.1 Å². The fraction of sp³-hybridized carbons (Fsp3) is 0.348. The Morgan fingerprint density at radius 2 is 1.16 bits per heavy atom. The summed E-state index contributed by atoms with van der Waals surface area (Å²) in [6.07, 6.45) is 1.32. The molecule has 1 unspecified atom stereocenters. The number of piperidine rings is 1. The number of rotatable bonds is 15. The summed E-state index contributed by atoms with van der Waals surface area (Å²) in [6, 6.07) is 40.4. The molecule has 1 atom stereocenters. The van der Waals surface area contributed by atoms with Gasteiger partial charge in [-0.3, -0.25) is 4.55 Å². The minimum atomic E-state index is -4.33. The van der Waals surface area contributed by atoms with Crippen LogP contribution in [0.4, 0.5) is 11.4 Å². The molecule has 3 N–H and O–H groups in total. The summed E-state index contributed by atoms with van der Waals surface area (Å²) in [5.74, 6) is -0.410. The maximum Gasteiger partial charge on any atom is 0.294 e. The molecule has 1 aliphatic heterocycles. The van der Waals surface area contributed by atoms with E-state index in [1.54, 1.807) is 18.2 Å². The molecule has 57 heavy (non-hydrogen) atoms. The molecule has 1 aliphatic rings. The van der Waals surface area contributed by atoms with Crippen LogP contribution >= 0.6 is 0 Å². The molecular formula is C46H56N4O5S2. The Kier molecular flexibility index (Phi) is 12.7. The lowest BCUT2D eigenvalue weighted by Crippen LogP contribution is -2.62. The van der Waals surface area contributed by atoms with Gasteiger partial charge in [-0.25, -0.2) is 13.1 Å². The third-order valence-corrected chi connectivity index (χ3v) is 13.2. The average molecular weight is 809 g/mol. The summed E-state index contributed by atoms with van der Waals surface area (Å²) in [5.41, 5.74) is 6.07. The molecule has 1 heterocycles. The quantitative estimate of drug-likeness (QED) is 0.0710. The monoisotopic (exact) mass is 808 g/mol. The van der Waals surface area contributed by atoms with Crippen molar-refractivity contribution in [1.82, 2.24) is 10.0 Å². The maximum atomic E-state index is 14.5. The SMILES string of the molecule is CCN(Cc1ccccc1)c1ccc(C(c2ccc(N(CC)Cc3cccc(S(=O)(=O)O)c3)cc2)c2ccccc2S(=O)(=O)NC2CC(C)(C)NC(C)(C)C2)cc1. The number of sulfonamides is 1. The van der Waals surface area contributed by atoms with E-state index in [1.807, 2.05) is 55.5 Å². The smallest absolute Gasteiger partial charge is 0.294 e. The minimum Gasteiger partial charge on any atom is -0.367 e. The van der Waals surface area contributed by atoms with Crippen LogP contribution in [0.5, 0.6) is 0 Å². The Morgan fingerprint density at radius 3 is 1.68 bits per heavy atom. The number of nitrogens with zero attached hydrogens (tertiary/aromatic N) is 2. The number of hydrogen-bond donors (Lipinski definition) is 3. The largest absolute Gasteiger partial charge is 0.367 e. The fourth-order valence-corrected chi connectivity index (χ4v) is 10.6. The number of anilines is 2. The van der Waals surface area contributed by atoms with Crippen LogP contribution in [-0.2, 0) is 33.2 Å². The lowest BCUT2D eigenvalue weighted by Gasteiger charge is -2.46. The van der Waals surface area contributed by atoms with Crippen LogP contribution in [0.15, 0.2) is 137 Å². The van der Waals surface area contributed by atoms with E-state index in [0.29, 0.717) is 31.5 Å². The molecular weight excluding hydrogens is 753 g/mol. The van der Waals surface area contributed by atoms with Crippen LogP contribution in [0.3, 0.4) is 0 Å². The molecule has 0 aliphatic carbocycles. The second-order valence-corrected chi connectivity index (χ2v) is 19.5. The molecule has 302 valence electrons. The Hall–Kier alpha value is -4.52. The Morgan fingerprint density at radius 1 is 0.667 bits per heavy atom. The van der Waals surface area contributed by atoms with E-state index >= 15 is 0 Å². The average Bonchev–Trinajstić information content (AvgIpc) is 3.16. The second-order valence-electron chi connectivity index (χ2n) is 16.4. The highest BCUT2D eigenvalue weighted by Crippen LogP contribution is 2.38. The molecule has 0 spiro atoms. The van der Waals surface area contributed by atoms with Gasteiger partial charge in [0, 0.05) is 60.6 Å². The zero-order valence-electron chi connectivity index (χ0n) is 33.8. The van der Waals surface area contributed by atoms with Gasteiger partial charge in [0.2, 0.25) is 10.0 Å². The molecule has 5 aromatic rings. The number of benzene rings is 5. The van der Waals surface area contributed by atoms with Gasteiger partial charge < -0.3 is 15.1 Å². The zero-order chi connectivity index (χ0) is 41.0. The van der Waals surface area contributed by atoms with Crippen molar-refractivity contribution in [3.05, 3.63) is 155 Å². The van der Waals surface area contributed by atoms with Gasteiger partial charge in [-0.1, -0.05) is 84.9 Å². The van der Waals surface area contributed by atoms with E-state index in [-0.39, 0.29) is 26.9 Å². The van der Waals surface area contributed by atoms with Crippen molar-refractivity contribution in [3.63, 3.8) is 0 Å². The van der Waals surface area contributed by atoms with Crippen LogP contribution < -0.4 is 19.8 Å². The third kappa shape index (κ3) is 10.5. The van der Waals surface area contributed by atoms with Gasteiger partial charge in [-0.2, -0.15) is 8.42 Å². The van der Waals surface area contributed by atoms with Crippen molar-refractivity contribution >= 4 is 31.5 Å². The van der Waals surface area contributed by atoms with Crippen molar-refractivity contribution in [2.75, 3.05) is 22.9 Å². The molecule has 9 nitrogen and oxygen atoms in total. The van der Waals surface area contributed by atoms with Crippen LogP contribution in [0.1, 0.15) is 88.1 Å². The van der Waals surface area contributed by atoms with E-state index in [0.717, 1.165) is 41.2 Å². The summed E-state index contributed by atoms with van der Waals surface area (Å²) >= 11 is 0. The first-order chi connectivity index (χ1) is 27.0. The predicted molar refractivity (Wildman–Crippen MR) is 231 cm³/mol. The van der Waals surface area contributed by atoms with Gasteiger partial charge in [0.05, 0.1) is 9.79 Å². The number of nitrogens with one attached hydrogen (secondary N) is 2. The highest BCUT2D eigenvalue weighted by Gasteiger charge is 2.40. The molecule has 0 saturated carbocycles. The third-order valence-electron chi connectivity index (χ3n) is 10.8. The van der Waals surface area contributed by atoms with Crippen LogP contribution in [-0.4, -0.2) is 51.6 Å². The van der Waals surface area contributed by atoms with Gasteiger partial charge in [-0.05, 0) is 125 Å². The molecule has 0 radical (unpaired) electrons. The predicted octanol–water partition coefficient (Wildman–Crippen LogP) is 8.75. The molecule has 6 rings (SSSR count). The van der Waals surface area contributed by atoms with Gasteiger partial charge in [0.25, 0.3) is 10.1 Å². The molecule has 0 amide bonds. The van der Waals surface area contributed by atoms with Gasteiger partial charge in [-0.15, -0.1) is 0 Å². The molecule has 5 aromatic carbocycles. The number of hydrogen-bond acceptors (Lipinski definition) is 7. The summed E-state index contributed by atoms with van der Waals surface area (Å²) in [7, 11) is -8.27. The molecule has 0 bridgehead atoms. The first kappa shape index (κ1) is 42.1. The van der Waals surface area contributed by atoms with Crippen molar-refractivity contribution in [3.8, 4) is 0 Å². The topological polar surface area (TPSA) is 119 Å². The second kappa shape index (κ2) is 17.1. The van der Waals surface area contributed by atoms with Crippen molar-refractivity contribution < 1.29 is 21.4 Å². The van der Waals surface area contributed by atoms with E-state index in [4.69, 9.17) is 0 Å². The van der Waals surface area contributed by atoms with Gasteiger partial charge in [0.15, 0.2) is 0 Å². The van der Waals surface area contributed by atoms with Crippen molar-refractivity contribution in [1.29, 1.82) is 0 Å². The molecule has 1 saturated heterocycles. The van der Waals surface area contributed by atoms with E-state index in [2.05, 4.69) is 103 Å². The van der Waals surface area contributed by atoms with Crippen LogP contribution in [0, 0.1) is 0 Å². The van der Waals surface area contributed by atoms with Crippen molar-refractivity contribution in [2.24, 2.45) is 0 Å². The Balaban J connectivity index is 1.37. The molecule has 11 heteroatoms. The Labute approximate surface area is 340 Å². The fourth-order valence-electron chi connectivity index (χ4n) is 8.56. The molecule has 0 aromatic heterocycles. The normalized spacial score (nSPS) is 16.2. The zero-order valence-corrected chi connectivity index (χ0v) is 35.4. The van der Waals surface area contributed by atoms with Crippen molar-refractivity contribution in [2.45, 2.75) is 100 Å². The highest BCUT2D eigenvalue weighted by molar-refractivity contribution is 7.89. The summed E-state index contributed by atoms with van der Waals surface area (Å²) < 4.78 is 65.4. The van der Waals surface area contributed by atoms with E-state index in [1.165, 1.54) is 17.7 Å². The lowest BCUT2D eigenvalue weighted by molar-refractivity contribution is 0.157.